The predicted molar refractivity (Wildman–Crippen MR) is 193 cm³/mol. The minimum Gasteiger partial charge on any atom is -0.487 e. The highest BCUT2D eigenvalue weighted by Gasteiger charge is 2.49. The first-order valence-electron chi connectivity index (χ1n) is 17.9. The zero-order valence-corrected chi connectivity index (χ0v) is 30.5. The third-order valence-electron chi connectivity index (χ3n) is 11.4. The van der Waals surface area contributed by atoms with Crippen LogP contribution in [0.25, 0.3) is 0 Å². The molecule has 49 heavy (non-hydrogen) atoms. The molecule has 1 N–H and O–H groups in total. The van der Waals surface area contributed by atoms with E-state index in [1.54, 1.807) is 32.2 Å². The predicted octanol–water partition coefficient (Wildman–Crippen LogP) is 6.53. The van der Waals surface area contributed by atoms with Gasteiger partial charge in [0.1, 0.15) is 12.4 Å². The van der Waals surface area contributed by atoms with Gasteiger partial charge >= 0.3 is 0 Å². The quantitative estimate of drug-likeness (QED) is 0.361. The highest BCUT2D eigenvalue weighted by atomic mass is 35.5. The van der Waals surface area contributed by atoms with Gasteiger partial charge in [-0.2, -0.15) is 0 Å². The fourth-order valence-corrected chi connectivity index (χ4v) is 9.45. The Morgan fingerprint density at radius 2 is 1.82 bits per heavy atom. The van der Waals surface area contributed by atoms with E-state index in [1.807, 2.05) is 42.2 Å². The van der Waals surface area contributed by atoms with Crippen LogP contribution in [-0.4, -0.2) is 69.3 Å². The number of hydrogen-bond donors (Lipinski definition) is 1. The van der Waals surface area contributed by atoms with E-state index in [9.17, 15) is 18.0 Å². The second-order valence-electron chi connectivity index (χ2n) is 14.5. The molecule has 2 aromatic carbocycles. The van der Waals surface area contributed by atoms with Gasteiger partial charge in [-0.3, -0.25) is 9.59 Å². The van der Waals surface area contributed by atoms with Gasteiger partial charge < -0.3 is 19.3 Å². The Kier molecular flexibility index (Phi) is 11.0. The van der Waals surface area contributed by atoms with E-state index in [0.717, 1.165) is 81.4 Å². The van der Waals surface area contributed by atoms with E-state index in [4.69, 9.17) is 21.1 Å². The van der Waals surface area contributed by atoms with Crippen molar-refractivity contribution < 1.29 is 27.5 Å². The number of halogens is 1. The molecule has 2 bridgehead atoms. The van der Waals surface area contributed by atoms with Crippen LogP contribution in [0.4, 0.5) is 5.69 Å². The highest BCUT2D eigenvalue weighted by molar-refractivity contribution is 7.90. The van der Waals surface area contributed by atoms with Crippen LogP contribution in [0.2, 0.25) is 5.02 Å². The summed E-state index contributed by atoms with van der Waals surface area (Å²) in [6, 6.07) is 11.1. The molecule has 4 aliphatic rings. The maximum atomic E-state index is 13.7. The average molecular weight is 712 g/mol. The number of ether oxygens (including phenoxy) is 2. The Hall–Kier alpha value is -3.08. The molecule has 0 unspecified atom stereocenters. The number of allylic oxidation sites excluding steroid dienone is 1. The Morgan fingerprint density at radius 1 is 1.04 bits per heavy atom. The van der Waals surface area contributed by atoms with Gasteiger partial charge in [-0.25, -0.2) is 13.1 Å². The van der Waals surface area contributed by atoms with E-state index in [2.05, 4.69) is 9.62 Å². The van der Waals surface area contributed by atoms with E-state index in [0.29, 0.717) is 30.3 Å². The zero-order chi connectivity index (χ0) is 34.8. The number of benzene rings is 2. The molecular formula is C38H50ClN3O6S. The average Bonchev–Trinajstić information content (AvgIpc) is 3.60. The number of aryl methyl sites for hydroxylation is 1. The first kappa shape index (κ1) is 35.7. The van der Waals surface area contributed by atoms with E-state index >= 15 is 0 Å². The number of nitrogens with zero attached hydrogens (tertiary/aromatic N) is 2. The molecule has 2 amide bonds. The summed E-state index contributed by atoms with van der Waals surface area (Å²) in [4.78, 5) is 31.5. The molecule has 3 aliphatic heterocycles. The molecule has 2 aromatic rings. The highest BCUT2D eigenvalue weighted by Crippen LogP contribution is 2.48. The van der Waals surface area contributed by atoms with Gasteiger partial charge in [0.15, 0.2) is 0 Å². The number of fused-ring (bicyclic) bond motifs is 3. The molecule has 0 spiro atoms. The van der Waals surface area contributed by atoms with E-state index < -0.39 is 26.8 Å². The number of amides is 2. The molecule has 1 saturated heterocycles. The first-order valence-corrected chi connectivity index (χ1v) is 19.8. The fourth-order valence-electron chi connectivity index (χ4n) is 7.97. The van der Waals surface area contributed by atoms with Gasteiger partial charge in [-0.05, 0) is 118 Å². The number of carbonyl (C=O) groups excluding carboxylic acids is 2. The van der Waals surface area contributed by atoms with Crippen molar-refractivity contribution in [1.29, 1.82) is 0 Å². The van der Waals surface area contributed by atoms with Crippen LogP contribution < -0.4 is 14.4 Å². The summed E-state index contributed by atoms with van der Waals surface area (Å²) in [6.07, 6.45) is 11.4. The monoisotopic (exact) mass is 711 g/mol. The number of methoxy groups -OCH3 is 1. The van der Waals surface area contributed by atoms with Crippen molar-refractivity contribution in [2.45, 2.75) is 89.1 Å². The summed E-state index contributed by atoms with van der Waals surface area (Å²) < 4.78 is 42.2. The number of anilines is 1. The van der Waals surface area contributed by atoms with Crippen LogP contribution in [0.3, 0.4) is 0 Å². The van der Waals surface area contributed by atoms with Crippen LogP contribution in [-0.2, 0) is 32.6 Å². The molecule has 2 fully saturated rings. The lowest BCUT2D eigenvalue weighted by atomic mass is 9.63. The minimum atomic E-state index is -3.99. The lowest BCUT2D eigenvalue weighted by Crippen LogP contribution is -2.53. The number of hydrogen-bond acceptors (Lipinski definition) is 7. The van der Waals surface area contributed by atoms with Crippen molar-refractivity contribution in [3.8, 4) is 5.75 Å². The normalized spacial score (nSPS) is 29.7. The standard InChI is InChI=1S/C38H50ClN3O6S/c1-26-9-8-17-38(47-3,23-36(43)41-18-6-7-19-41)33-15-12-30(33)24-42-20-5-4-10-28-21-32(39)14-11-31(28)25-48-35-16-13-29(22-34(35)42)37(44)40-49(45,46)27(26)2/h8,11,13-14,16-17,21-22,26-27,30,33H,4-7,9-10,12,15,18-20,23-25H2,1-3H3,(H,40,44)/b17-8+/t26-,27+,30-,33+,38+/m0/s1. The van der Waals surface area contributed by atoms with Crippen LogP contribution in [0.1, 0.15) is 86.7 Å². The molecule has 0 radical (unpaired) electrons. The van der Waals surface area contributed by atoms with Crippen molar-refractivity contribution >= 4 is 39.1 Å². The molecule has 6 rings (SSSR count). The number of nitrogens with one attached hydrogen (secondary N) is 1. The Labute approximate surface area is 296 Å². The summed E-state index contributed by atoms with van der Waals surface area (Å²) in [6.45, 7) is 6.80. The van der Waals surface area contributed by atoms with Crippen LogP contribution in [0.15, 0.2) is 48.6 Å². The summed E-state index contributed by atoms with van der Waals surface area (Å²) in [5.74, 6) is 0.109. The smallest absolute Gasteiger partial charge is 0.264 e. The van der Waals surface area contributed by atoms with E-state index in [-0.39, 0.29) is 35.6 Å². The fraction of sp³-hybridized carbons (Fsp3) is 0.579. The molecule has 1 aliphatic carbocycles. The second-order valence-corrected chi connectivity index (χ2v) is 16.9. The Morgan fingerprint density at radius 3 is 2.55 bits per heavy atom. The largest absolute Gasteiger partial charge is 0.487 e. The number of likely N-dealkylation sites (tertiary alicyclic amines) is 1. The topological polar surface area (TPSA) is 105 Å². The lowest BCUT2D eigenvalue weighted by Gasteiger charge is -2.50. The summed E-state index contributed by atoms with van der Waals surface area (Å²) in [5, 5.41) is -0.133. The maximum Gasteiger partial charge on any atom is 0.264 e. The lowest BCUT2D eigenvalue weighted by molar-refractivity contribution is -0.141. The zero-order valence-electron chi connectivity index (χ0n) is 29.0. The van der Waals surface area contributed by atoms with Crippen molar-refractivity contribution in [2.24, 2.45) is 17.8 Å². The van der Waals surface area contributed by atoms with Crippen LogP contribution in [0, 0.1) is 17.8 Å². The molecule has 9 nitrogen and oxygen atoms in total. The molecule has 3 heterocycles. The third kappa shape index (κ3) is 7.81. The second kappa shape index (κ2) is 15.0. The molecular weight excluding hydrogens is 662 g/mol. The van der Waals surface area contributed by atoms with E-state index in [1.165, 1.54) is 0 Å². The van der Waals surface area contributed by atoms with Crippen molar-refractivity contribution in [3.05, 3.63) is 70.3 Å². The summed E-state index contributed by atoms with van der Waals surface area (Å²) >= 11 is 6.37. The first-order chi connectivity index (χ1) is 23.5. The van der Waals surface area contributed by atoms with Crippen molar-refractivity contribution in [3.63, 3.8) is 0 Å². The molecule has 1 saturated carbocycles. The van der Waals surface area contributed by atoms with Crippen LogP contribution >= 0.6 is 11.6 Å². The molecule has 266 valence electrons. The molecule has 11 heteroatoms. The molecule has 5 atom stereocenters. The number of sulfonamides is 1. The van der Waals surface area contributed by atoms with Gasteiger partial charge in [0.05, 0.1) is 23.0 Å². The summed E-state index contributed by atoms with van der Waals surface area (Å²) in [7, 11) is -2.29. The minimum absolute atomic E-state index is 0.0881. The molecule has 0 aromatic heterocycles. The Bertz CT molecular complexity index is 1680. The van der Waals surface area contributed by atoms with Crippen molar-refractivity contribution in [2.75, 3.05) is 38.2 Å². The SMILES string of the molecule is CO[C@@]1(CC(=O)N2CCCC2)/C=C/C[C@H](C)[C@@H](C)S(=O)(=O)NC(=O)c2ccc3c(c2)N(CCCCc2cc(Cl)ccc2CO3)C[C@@H]2CC[C@H]21. The summed E-state index contributed by atoms with van der Waals surface area (Å²) in [5.41, 5.74) is 2.43. The van der Waals surface area contributed by atoms with Gasteiger partial charge in [0.25, 0.3) is 5.91 Å². The van der Waals surface area contributed by atoms with Crippen molar-refractivity contribution in [1.82, 2.24) is 9.62 Å². The number of rotatable bonds is 3. The third-order valence-corrected chi connectivity index (χ3v) is 13.6. The van der Waals surface area contributed by atoms with Gasteiger partial charge in [-0.1, -0.05) is 36.7 Å². The van der Waals surface area contributed by atoms with Gasteiger partial charge in [0.2, 0.25) is 15.9 Å². The number of carbonyl (C=O) groups is 2. The van der Waals surface area contributed by atoms with Gasteiger partial charge in [-0.15, -0.1) is 0 Å². The Balaban J connectivity index is 1.40. The maximum absolute atomic E-state index is 13.7. The van der Waals surface area contributed by atoms with Gasteiger partial charge in [0, 0.05) is 43.9 Å². The van der Waals surface area contributed by atoms with Crippen LogP contribution in [0.5, 0.6) is 5.75 Å².